The lowest BCUT2D eigenvalue weighted by Gasteiger charge is -2.24. The maximum atomic E-state index is 12.6. The van der Waals surface area contributed by atoms with Gasteiger partial charge in [0.15, 0.2) is 0 Å². The third-order valence-electron chi connectivity index (χ3n) is 3.72. The Morgan fingerprint density at radius 3 is 2.61 bits per heavy atom. The number of pyridine rings is 1. The molecule has 4 nitrogen and oxygen atoms in total. The highest BCUT2D eigenvalue weighted by Gasteiger charge is 2.19. The van der Waals surface area contributed by atoms with E-state index in [1.165, 1.54) is 11.8 Å². The van der Waals surface area contributed by atoms with E-state index in [0.29, 0.717) is 12.1 Å². The first kappa shape index (κ1) is 17.5. The molecular formula is C18H22N2O2S. The number of amides is 1. The van der Waals surface area contributed by atoms with Crippen LogP contribution < -0.4 is 0 Å². The van der Waals surface area contributed by atoms with Gasteiger partial charge in [-0.25, -0.2) is 4.98 Å². The summed E-state index contributed by atoms with van der Waals surface area (Å²) in [4.78, 5) is 18.5. The van der Waals surface area contributed by atoms with E-state index in [4.69, 9.17) is 0 Å². The highest BCUT2D eigenvalue weighted by atomic mass is 32.2. The molecule has 0 saturated carbocycles. The summed E-state index contributed by atoms with van der Waals surface area (Å²) in [6.45, 7) is 4.73. The number of nitrogens with zero attached hydrogens (tertiary/aromatic N) is 2. The van der Waals surface area contributed by atoms with Crippen LogP contribution in [0.15, 0.2) is 47.6 Å². The van der Waals surface area contributed by atoms with Gasteiger partial charge < -0.3 is 10.0 Å². The van der Waals surface area contributed by atoms with Crippen molar-refractivity contribution >= 4 is 17.7 Å². The number of aryl methyl sites for hydroxylation is 1. The van der Waals surface area contributed by atoms with E-state index in [1.54, 1.807) is 23.2 Å². The standard InChI is InChI=1S/C18H22N2O2S/c1-4-20(12-16(21)14-7-5-13(2)6-8-14)18(22)15-9-10-19-17(11-15)23-3/h5-11,16,21H,4,12H2,1-3H3. The zero-order valence-corrected chi connectivity index (χ0v) is 14.5. The number of aliphatic hydroxyl groups excluding tert-OH is 1. The predicted octanol–water partition coefficient (Wildman–Crippen LogP) is 3.31. The first-order valence-electron chi connectivity index (χ1n) is 7.59. The van der Waals surface area contributed by atoms with Crippen LogP contribution in [0.1, 0.15) is 34.5 Å². The highest BCUT2D eigenvalue weighted by molar-refractivity contribution is 7.98. The number of rotatable bonds is 6. The Hall–Kier alpha value is -1.85. The Morgan fingerprint density at radius 2 is 2.00 bits per heavy atom. The Balaban J connectivity index is 2.12. The van der Waals surface area contributed by atoms with Crippen molar-refractivity contribution in [1.29, 1.82) is 0 Å². The zero-order valence-electron chi connectivity index (χ0n) is 13.7. The molecule has 0 aliphatic heterocycles. The fourth-order valence-corrected chi connectivity index (χ4v) is 2.71. The quantitative estimate of drug-likeness (QED) is 0.826. The van der Waals surface area contributed by atoms with E-state index >= 15 is 0 Å². The molecule has 0 aliphatic rings. The molecule has 1 heterocycles. The predicted molar refractivity (Wildman–Crippen MR) is 93.7 cm³/mol. The number of hydrogen-bond acceptors (Lipinski definition) is 4. The van der Waals surface area contributed by atoms with E-state index in [2.05, 4.69) is 4.98 Å². The van der Waals surface area contributed by atoms with Gasteiger partial charge in [-0.1, -0.05) is 29.8 Å². The molecule has 0 radical (unpaired) electrons. The summed E-state index contributed by atoms with van der Waals surface area (Å²) in [5.74, 6) is -0.0867. The molecule has 5 heteroatoms. The van der Waals surface area contributed by atoms with Crippen molar-refractivity contribution in [2.45, 2.75) is 25.0 Å². The van der Waals surface area contributed by atoms with E-state index in [9.17, 15) is 9.90 Å². The van der Waals surface area contributed by atoms with Crippen molar-refractivity contribution < 1.29 is 9.90 Å². The van der Waals surface area contributed by atoms with Gasteiger partial charge in [0.25, 0.3) is 5.91 Å². The lowest BCUT2D eigenvalue weighted by Crippen LogP contribution is -2.34. The molecule has 0 aliphatic carbocycles. The molecule has 1 amide bonds. The minimum atomic E-state index is -0.693. The van der Waals surface area contributed by atoms with Crippen LogP contribution in [-0.2, 0) is 0 Å². The molecule has 1 N–H and O–H groups in total. The SMILES string of the molecule is CCN(CC(O)c1ccc(C)cc1)C(=O)c1ccnc(SC)c1. The minimum absolute atomic E-state index is 0.0867. The normalized spacial score (nSPS) is 12.0. The largest absolute Gasteiger partial charge is 0.387 e. The molecule has 23 heavy (non-hydrogen) atoms. The molecule has 1 aromatic heterocycles. The van der Waals surface area contributed by atoms with Gasteiger partial charge in [-0.15, -0.1) is 11.8 Å². The van der Waals surface area contributed by atoms with Gasteiger partial charge in [-0.2, -0.15) is 0 Å². The maximum absolute atomic E-state index is 12.6. The number of aliphatic hydroxyl groups is 1. The molecule has 1 aromatic carbocycles. The summed E-state index contributed by atoms with van der Waals surface area (Å²) in [6.07, 6.45) is 2.87. The summed E-state index contributed by atoms with van der Waals surface area (Å²) < 4.78 is 0. The van der Waals surface area contributed by atoms with Gasteiger partial charge in [0.1, 0.15) is 0 Å². The Labute approximate surface area is 141 Å². The Morgan fingerprint density at radius 1 is 1.30 bits per heavy atom. The van der Waals surface area contributed by atoms with Gasteiger partial charge in [0.2, 0.25) is 0 Å². The third kappa shape index (κ3) is 4.56. The van der Waals surface area contributed by atoms with Crippen LogP contribution in [0.3, 0.4) is 0 Å². The average Bonchev–Trinajstić information content (AvgIpc) is 2.59. The maximum Gasteiger partial charge on any atom is 0.254 e. The molecular weight excluding hydrogens is 308 g/mol. The first-order valence-corrected chi connectivity index (χ1v) is 8.81. The number of carbonyl (C=O) groups excluding carboxylic acids is 1. The van der Waals surface area contributed by atoms with Crippen molar-refractivity contribution in [2.75, 3.05) is 19.3 Å². The van der Waals surface area contributed by atoms with E-state index < -0.39 is 6.10 Å². The smallest absolute Gasteiger partial charge is 0.254 e. The van der Waals surface area contributed by atoms with Crippen molar-refractivity contribution in [2.24, 2.45) is 0 Å². The second-order valence-electron chi connectivity index (χ2n) is 5.36. The number of thioether (sulfide) groups is 1. The number of likely N-dealkylation sites (N-methyl/N-ethyl adjacent to an activating group) is 1. The number of carbonyl (C=O) groups is 1. The summed E-state index contributed by atoms with van der Waals surface area (Å²) in [5, 5.41) is 11.2. The van der Waals surface area contributed by atoms with Crippen molar-refractivity contribution in [3.05, 3.63) is 59.3 Å². The number of hydrogen-bond donors (Lipinski definition) is 1. The van der Waals surface area contributed by atoms with Crippen LogP contribution >= 0.6 is 11.8 Å². The third-order valence-corrected chi connectivity index (χ3v) is 4.36. The lowest BCUT2D eigenvalue weighted by molar-refractivity contribution is 0.0634. The number of benzene rings is 1. The highest BCUT2D eigenvalue weighted by Crippen LogP contribution is 2.18. The average molecular weight is 330 g/mol. The van der Waals surface area contributed by atoms with Crippen LogP contribution in [0.5, 0.6) is 0 Å². The van der Waals surface area contributed by atoms with E-state index in [-0.39, 0.29) is 12.5 Å². The fraction of sp³-hybridized carbons (Fsp3) is 0.333. The van der Waals surface area contributed by atoms with Gasteiger partial charge in [0, 0.05) is 18.3 Å². The molecule has 2 rings (SSSR count). The van der Waals surface area contributed by atoms with Gasteiger partial charge in [-0.3, -0.25) is 4.79 Å². The summed E-state index contributed by atoms with van der Waals surface area (Å²) >= 11 is 1.50. The topological polar surface area (TPSA) is 53.4 Å². The molecule has 0 bridgehead atoms. The fourth-order valence-electron chi connectivity index (χ4n) is 2.30. The summed E-state index contributed by atoms with van der Waals surface area (Å²) in [5.41, 5.74) is 2.56. The van der Waals surface area contributed by atoms with Gasteiger partial charge >= 0.3 is 0 Å². The van der Waals surface area contributed by atoms with Gasteiger partial charge in [-0.05, 0) is 37.8 Å². The molecule has 0 spiro atoms. The second-order valence-corrected chi connectivity index (χ2v) is 6.18. The van der Waals surface area contributed by atoms with Crippen molar-refractivity contribution in [3.8, 4) is 0 Å². The Kier molecular flexibility index (Phi) is 6.19. The summed E-state index contributed by atoms with van der Waals surface area (Å²) in [6, 6.07) is 11.2. The van der Waals surface area contributed by atoms with Crippen molar-refractivity contribution in [1.82, 2.24) is 9.88 Å². The van der Waals surface area contributed by atoms with Crippen LogP contribution in [0, 0.1) is 6.92 Å². The number of aromatic nitrogens is 1. The first-order chi connectivity index (χ1) is 11.0. The van der Waals surface area contributed by atoms with Crippen LogP contribution in [0.25, 0.3) is 0 Å². The Bertz CT molecular complexity index is 658. The lowest BCUT2D eigenvalue weighted by atomic mass is 10.1. The van der Waals surface area contributed by atoms with Crippen LogP contribution in [0.2, 0.25) is 0 Å². The molecule has 1 atom stereocenters. The van der Waals surface area contributed by atoms with Crippen LogP contribution in [-0.4, -0.2) is 40.2 Å². The summed E-state index contributed by atoms with van der Waals surface area (Å²) in [7, 11) is 0. The molecule has 0 fully saturated rings. The molecule has 0 saturated heterocycles. The van der Waals surface area contributed by atoms with Crippen molar-refractivity contribution in [3.63, 3.8) is 0 Å². The van der Waals surface area contributed by atoms with Crippen LogP contribution in [0.4, 0.5) is 0 Å². The molecule has 2 aromatic rings. The molecule has 1 unspecified atom stereocenters. The molecule has 122 valence electrons. The monoisotopic (exact) mass is 330 g/mol. The minimum Gasteiger partial charge on any atom is -0.387 e. The van der Waals surface area contributed by atoms with E-state index in [1.807, 2.05) is 44.4 Å². The van der Waals surface area contributed by atoms with E-state index in [0.717, 1.165) is 16.2 Å². The van der Waals surface area contributed by atoms with Gasteiger partial charge in [0.05, 0.1) is 17.7 Å². The zero-order chi connectivity index (χ0) is 16.8. The second kappa shape index (κ2) is 8.13.